The molecule has 0 saturated heterocycles. The predicted molar refractivity (Wildman–Crippen MR) is 143 cm³/mol. The van der Waals surface area contributed by atoms with Gasteiger partial charge in [0.05, 0.1) is 5.56 Å². The molecule has 2 unspecified atom stereocenters. The van der Waals surface area contributed by atoms with Crippen molar-refractivity contribution in [3.05, 3.63) is 88.5 Å². The Kier molecular flexibility index (Phi) is 7.96. The number of nitrogens with zero attached hydrogens (tertiary/aromatic N) is 2. The monoisotopic (exact) mass is 539 g/mol. The summed E-state index contributed by atoms with van der Waals surface area (Å²) in [4.78, 5) is 12.5. The molecule has 206 valence electrons. The van der Waals surface area contributed by atoms with Gasteiger partial charge >= 0.3 is 6.18 Å². The van der Waals surface area contributed by atoms with E-state index in [1.54, 1.807) is 12.1 Å². The number of amides is 1. The molecule has 1 aliphatic heterocycles. The highest BCUT2D eigenvalue weighted by Crippen LogP contribution is 2.38. The number of rotatable bonds is 7. The van der Waals surface area contributed by atoms with E-state index < -0.39 is 18.0 Å². The fraction of sp³-hybridized carbons (Fsp3) is 0.345. The highest BCUT2D eigenvalue weighted by Gasteiger charge is 2.30. The van der Waals surface area contributed by atoms with Crippen molar-refractivity contribution in [1.82, 2.24) is 16.3 Å². The minimum Gasteiger partial charge on any atom is -0.486 e. The Morgan fingerprint density at radius 3 is 2.13 bits per heavy atom. The third kappa shape index (κ3) is 7.14. The number of benzene rings is 3. The van der Waals surface area contributed by atoms with E-state index in [4.69, 9.17) is 4.74 Å². The van der Waals surface area contributed by atoms with Crippen LogP contribution in [-0.4, -0.2) is 12.2 Å². The van der Waals surface area contributed by atoms with Crippen LogP contribution in [0.25, 0.3) is 11.1 Å². The molecule has 7 nitrogen and oxygen atoms in total. The molecular formula is C29H32F3N5O2. The van der Waals surface area contributed by atoms with Crippen molar-refractivity contribution in [3.63, 3.8) is 0 Å². The standard InChI is InChI=1S/C29H32F3N5O2/c1-17-14-23(15-18(2)25(17)20-10-12-22(13-11-20)29(30,31)32)39-24(16-28(3,4)5)19-6-8-21(9-7-19)26(38)33-27-34-36-37-35-27/h6-15,24,27H,16H2,1-5H3,(H,33,38)(H,34,37)(H,35,36). The first-order chi connectivity index (χ1) is 18.3. The summed E-state index contributed by atoms with van der Waals surface area (Å²) in [7, 11) is 0. The lowest BCUT2D eigenvalue weighted by molar-refractivity contribution is -0.137. The zero-order valence-electron chi connectivity index (χ0n) is 22.5. The second-order valence-corrected chi connectivity index (χ2v) is 10.8. The lowest BCUT2D eigenvalue weighted by Gasteiger charge is -2.28. The van der Waals surface area contributed by atoms with Gasteiger partial charge in [0.2, 0.25) is 6.29 Å². The summed E-state index contributed by atoms with van der Waals surface area (Å²) in [6.07, 6.45) is -4.57. The third-order valence-electron chi connectivity index (χ3n) is 6.32. The molecule has 10 heteroatoms. The number of hydrogen-bond donors (Lipinski definition) is 3. The summed E-state index contributed by atoms with van der Waals surface area (Å²) in [6.45, 7) is 10.2. The van der Waals surface area contributed by atoms with Crippen molar-refractivity contribution in [2.24, 2.45) is 15.8 Å². The third-order valence-corrected chi connectivity index (χ3v) is 6.32. The molecule has 0 aromatic heterocycles. The van der Waals surface area contributed by atoms with E-state index in [-0.39, 0.29) is 17.4 Å². The van der Waals surface area contributed by atoms with Crippen molar-refractivity contribution >= 4 is 5.91 Å². The van der Waals surface area contributed by atoms with E-state index in [2.05, 4.69) is 47.4 Å². The number of carbonyl (C=O) groups excluding carboxylic acids is 1. The van der Waals surface area contributed by atoms with Crippen LogP contribution >= 0.6 is 0 Å². The molecule has 3 aromatic carbocycles. The van der Waals surface area contributed by atoms with Crippen molar-refractivity contribution < 1.29 is 22.7 Å². The average Bonchev–Trinajstić information content (AvgIpc) is 3.35. The molecule has 1 heterocycles. The zero-order chi connectivity index (χ0) is 28.4. The first kappa shape index (κ1) is 28.1. The van der Waals surface area contributed by atoms with Crippen molar-refractivity contribution in [1.29, 1.82) is 0 Å². The Labute approximate surface area is 225 Å². The molecule has 1 aliphatic rings. The van der Waals surface area contributed by atoms with Crippen LogP contribution < -0.4 is 21.0 Å². The van der Waals surface area contributed by atoms with Gasteiger partial charge < -0.3 is 10.1 Å². The molecule has 0 spiro atoms. The van der Waals surface area contributed by atoms with Crippen molar-refractivity contribution in [2.75, 3.05) is 0 Å². The molecule has 3 aromatic rings. The van der Waals surface area contributed by atoms with Crippen molar-refractivity contribution in [3.8, 4) is 16.9 Å². The Morgan fingerprint density at radius 1 is 1.00 bits per heavy atom. The Bertz CT molecular complexity index is 1320. The lowest BCUT2D eigenvalue weighted by Crippen LogP contribution is -2.44. The van der Waals surface area contributed by atoms with E-state index in [1.807, 2.05) is 38.1 Å². The fourth-order valence-electron chi connectivity index (χ4n) is 4.55. The van der Waals surface area contributed by atoms with Gasteiger partial charge in [-0.15, -0.1) is 5.11 Å². The van der Waals surface area contributed by atoms with Gasteiger partial charge in [-0.05, 0) is 89.9 Å². The summed E-state index contributed by atoms with van der Waals surface area (Å²) >= 11 is 0. The smallest absolute Gasteiger partial charge is 0.416 e. The number of hydrazine groups is 1. The quantitative estimate of drug-likeness (QED) is 0.301. The maximum atomic E-state index is 13.0. The average molecular weight is 540 g/mol. The van der Waals surface area contributed by atoms with Gasteiger partial charge in [-0.25, -0.2) is 5.53 Å². The molecule has 0 radical (unpaired) electrons. The lowest BCUT2D eigenvalue weighted by atomic mass is 9.86. The summed E-state index contributed by atoms with van der Waals surface area (Å²) in [5.41, 5.74) is 9.23. The summed E-state index contributed by atoms with van der Waals surface area (Å²) in [6, 6.07) is 16.3. The SMILES string of the molecule is Cc1cc(OC(CC(C)(C)C)c2ccc(C(=O)NC3N=NNN3)cc2)cc(C)c1-c1ccc(C(F)(F)F)cc1. The number of aryl methyl sites for hydroxylation is 2. The maximum Gasteiger partial charge on any atom is 0.416 e. The van der Waals surface area contributed by atoms with Crippen LogP contribution in [-0.2, 0) is 6.18 Å². The van der Waals surface area contributed by atoms with E-state index in [9.17, 15) is 18.0 Å². The van der Waals surface area contributed by atoms with Crippen LogP contribution in [0.15, 0.2) is 71.0 Å². The maximum absolute atomic E-state index is 13.0. The summed E-state index contributed by atoms with van der Waals surface area (Å²) in [5.74, 6) is 0.377. The first-order valence-electron chi connectivity index (χ1n) is 12.6. The Morgan fingerprint density at radius 2 is 1.62 bits per heavy atom. The minimum atomic E-state index is -4.37. The van der Waals surface area contributed by atoms with Gasteiger partial charge in [-0.3, -0.25) is 4.79 Å². The fourth-order valence-corrected chi connectivity index (χ4v) is 4.55. The molecule has 39 heavy (non-hydrogen) atoms. The number of hydrogen-bond acceptors (Lipinski definition) is 6. The van der Waals surface area contributed by atoms with Gasteiger partial charge in [0.1, 0.15) is 11.9 Å². The van der Waals surface area contributed by atoms with Gasteiger partial charge in [-0.1, -0.05) is 50.3 Å². The van der Waals surface area contributed by atoms with E-state index in [1.165, 1.54) is 12.1 Å². The number of carbonyl (C=O) groups is 1. The number of nitrogens with one attached hydrogen (secondary N) is 3. The van der Waals surface area contributed by atoms with E-state index in [0.717, 1.165) is 46.4 Å². The largest absolute Gasteiger partial charge is 0.486 e. The van der Waals surface area contributed by atoms with Gasteiger partial charge in [0.15, 0.2) is 0 Å². The second-order valence-electron chi connectivity index (χ2n) is 10.8. The Hall–Kier alpha value is -3.92. The van der Waals surface area contributed by atoms with Gasteiger partial charge in [0, 0.05) is 5.56 Å². The van der Waals surface area contributed by atoms with Crippen molar-refractivity contribution in [2.45, 2.75) is 59.6 Å². The van der Waals surface area contributed by atoms with E-state index >= 15 is 0 Å². The predicted octanol–water partition coefficient (Wildman–Crippen LogP) is 7.03. The highest BCUT2D eigenvalue weighted by atomic mass is 19.4. The zero-order valence-corrected chi connectivity index (χ0v) is 22.5. The van der Waals surface area contributed by atoms with Crippen LogP contribution in [0.4, 0.5) is 13.2 Å². The molecule has 0 fully saturated rings. The van der Waals surface area contributed by atoms with Crippen LogP contribution in [0.3, 0.4) is 0 Å². The summed E-state index contributed by atoms with van der Waals surface area (Å²) < 4.78 is 45.5. The number of halogens is 3. The Balaban J connectivity index is 1.56. The second kappa shape index (κ2) is 11.1. The molecular weight excluding hydrogens is 507 g/mol. The van der Waals surface area contributed by atoms with Gasteiger partial charge in [-0.2, -0.15) is 18.6 Å². The number of alkyl halides is 3. The minimum absolute atomic E-state index is 0.0445. The molecule has 2 atom stereocenters. The molecule has 3 N–H and O–H groups in total. The molecule has 4 rings (SSSR count). The van der Waals surface area contributed by atoms with Gasteiger partial charge in [0.25, 0.3) is 5.91 Å². The normalized spacial score (nSPS) is 16.1. The van der Waals surface area contributed by atoms with Crippen LogP contribution in [0.5, 0.6) is 5.75 Å². The highest BCUT2D eigenvalue weighted by molar-refractivity contribution is 5.94. The molecule has 0 bridgehead atoms. The van der Waals surface area contributed by atoms with Crippen LogP contribution in [0, 0.1) is 19.3 Å². The summed E-state index contributed by atoms with van der Waals surface area (Å²) in [5, 5.41) is 10.1. The van der Waals surface area contributed by atoms with Crippen LogP contribution in [0.2, 0.25) is 0 Å². The number of ether oxygens (including phenoxy) is 1. The molecule has 0 aliphatic carbocycles. The molecule has 1 amide bonds. The van der Waals surface area contributed by atoms with E-state index in [0.29, 0.717) is 11.3 Å². The first-order valence-corrected chi connectivity index (χ1v) is 12.6. The van der Waals surface area contributed by atoms with Crippen LogP contribution in [0.1, 0.15) is 65.9 Å². The molecule has 0 saturated carbocycles. The topological polar surface area (TPSA) is 87.1 Å².